The average molecular weight is 278 g/mol. The van der Waals surface area contributed by atoms with Gasteiger partial charge in [0.05, 0.1) is 6.54 Å². The van der Waals surface area contributed by atoms with Crippen molar-refractivity contribution >= 4 is 6.03 Å². The normalized spacial score (nSPS) is 17.8. The van der Waals surface area contributed by atoms with Crippen molar-refractivity contribution in [2.75, 3.05) is 7.05 Å². The first-order valence-electron chi connectivity index (χ1n) is 7.58. The van der Waals surface area contributed by atoms with E-state index in [9.17, 15) is 4.79 Å². The second-order valence-corrected chi connectivity index (χ2v) is 6.01. The minimum atomic E-state index is -0.0165. The Morgan fingerprint density at radius 1 is 1.50 bits per heavy atom. The monoisotopic (exact) mass is 278 g/mol. The summed E-state index contributed by atoms with van der Waals surface area (Å²) >= 11 is 0. The predicted molar refractivity (Wildman–Crippen MR) is 79.4 cm³/mol. The first-order chi connectivity index (χ1) is 9.56. The molecular formula is C15H26N4O. The lowest BCUT2D eigenvalue weighted by atomic mass is 9.84. The van der Waals surface area contributed by atoms with Crippen LogP contribution in [-0.2, 0) is 6.54 Å². The Bertz CT molecular complexity index is 437. The van der Waals surface area contributed by atoms with Crippen LogP contribution >= 0.6 is 0 Å². The van der Waals surface area contributed by atoms with E-state index >= 15 is 0 Å². The van der Waals surface area contributed by atoms with Gasteiger partial charge in [0.1, 0.15) is 5.82 Å². The Morgan fingerprint density at radius 3 is 2.80 bits per heavy atom. The van der Waals surface area contributed by atoms with Gasteiger partial charge in [-0.2, -0.15) is 0 Å². The van der Waals surface area contributed by atoms with Crippen LogP contribution in [0.4, 0.5) is 4.79 Å². The van der Waals surface area contributed by atoms with Crippen LogP contribution in [0.2, 0.25) is 0 Å². The molecule has 112 valence electrons. The number of H-pyrrole nitrogens is 1. The summed E-state index contributed by atoms with van der Waals surface area (Å²) in [4.78, 5) is 21.2. The van der Waals surface area contributed by atoms with E-state index in [0.29, 0.717) is 12.5 Å². The largest absolute Gasteiger partial charge is 0.345 e. The van der Waals surface area contributed by atoms with E-state index in [1.165, 1.54) is 32.1 Å². The lowest BCUT2D eigenvalue weighted by Gasteiger charge is -2.29. The number of nitrogens with zero attached hydrogens (tertiary/aromatic N) is 2. The second kappa shape index (κ2) is 6.77. The van der Waals surface area contributed by atoms with Crippen LogP contribution in [0.3, 0.4) is 0 Å². The van der Waals surface area contributed by atoms with Crippen LogP contribution in [-0.4, -0.2) is 34.0 Å². The molecule has 20 heavy (non-hydrogen) atoms. The molecule has 2 N–H and O–H groups in total. The van der Waals surface area contributed by atoms with Crippen molar-refractivity contribution in [1.29, 1.82) is 0 Å². The van der Waals surface area contributed by atoms with E-state index in [1.807, 2.05) is 6.92 Å². The van der Waals surface area contributed by atoms with Crippen molar-refractivity contribution in [3.63, 3.8) is 0 Å². The van der Waals surface area contributed by atoms with E-state index in [0.717, 1.165) is 11.5 Å². The standard InChI is InChI=1S/C15H26N4O/c1-11-9-16-14(17-11)10-19(3)15(20)18-12(2)13-7-5-4-6-8-13/h9,12-13H,4-8,10H2,1-3H3,(H,16,17)(H,18,20)/t12-/m0/s1. The zero-order chi connectivity index (χ0) is 14.5. The summed E-state index contributed by atoms with van der Waals surface area (Å²) in [5, 5.41) is 3.12. The highest BCUT2D eigenvalue weighted by Crippen LogP contribution is 2.26. The molecule has 1 aliphatic rings. The molecule has 5 nitrogen and oxygen atoms in total. The Kier molecular flexibility index (Phi) is 5.04. The summed E-state index contributed by atoms with van der Waals surface area (Å²) in [6, 6.07) is 0.237. The number of rotatable bonds is 4. The zero-order valence-corrected chi connectivity index (χ0v) is 12.8. The first kappa shape index (κ1) is 14.9. The molecule has 1 aromatic rings. The van der Waals surface area contributed by atoms with Gasteiger partial charge in [-0.1, -0.05) is 19.3 Å². The molecular weight excluding hydrogens is 252 g/mol. The van der Waals surface area contributed by atoms with Gasteiger partial charge in [0.2, 0.25) is 0 Å². The number of aromatic amines is 1. The Morgan fingerprint density at radius 2 is 2.20 bits per heavy atom. The number of carbonyl (C=O) groups excluding carboxylic acids is 1. The minimum absolute atomic E-state index is 0.0165. The van der Waals surface area contributed by atoms with Crippen molar-refractivity contribution in [1.82, 2.24) is 20.2 Å². The molecule has 5 heteroatoms. The number of amides is 2. The van der Waals surface area contributed by atoms with Gasteiger partial charge in [-0.25, -0.2) is 9.78 Å². The number of imidazole rings is 1. The van der Waals surface area contributed by atoms with Gasteiger partial charge in [0.15, 0.2) is 0 Å². The van der Waals surface area contributed by atoms with Gasteiger partial charge in [-0.15, -0.1) is 0 Å². The third kappa shape index (κ3) is 3.99. The topological polar surface area (TPSA) is 61.0 Å². The molecule has 0 radical (unpaired) electrons. The van der Waals surface area contributed by atoms with Gasteiger partial charge in [0, 0.05) is 25.0 Å². The number of aromatic nitrogens is 2. The number of urea groups is 1. The van der Waals surface area contributed by atoms with Crippen LogP contribution in [0, 0.1) is 12.8 Å². The number of nitrogens with one attached hydrogen (secondary N) is 2. The van der Waals surface area contributed by atoms with Gasteiger partial charge >= 0.3 is 6.03 Å². The number of hydrogen-bond acceptors (Lipinski definition) is 2. The van der Waals surface area contributed by atoms with Gasteiger partial charge in [0.25, 0.3) is 0 Å². The van der Waals surface area contributed by atoms with Crippen molar-refractivity contribution in [3.05, 3.63) is 17.7 Å². The SMILES string of the molecule is Cc1cnc(CN(C)C(=O)N[C@@H](C)C2CCCCC2)[nH]1. The molecule has 0 bridgehead atoms. The van der Waals surface area contributed by atoms with Gasteiger partial charge < -0.3 is 15.2 Å². The fraction of sp³-hybridized carbons (Fsp3) is 0.733. The van der Waals surface area contributed by atoms with E-state index < -0.39 is 0 Å². The molecule has 0 spiro atoms. The van der Waals surface area contributed by atoms with Gasteiger partial charge in [-0.05, 0) is 32.6 Å². The van der Waals surface area contributed by atoms with E-state index in [2.05, 4.69) is 22.2 Å². The smallest absolute Gasteiger partial charge is 0.317 e. The summed E-state index contributed by atoms with van der Waals surface area (Å²) in [5.74, 6) is 1.46. The molecule has 0 aliphatic heterocycles. The quantitative estimate of drug-likeness (QED) is 0.889. The molecule has 0 unspecified atom stereocenters. The fourth-order valence-corrected chi connectivity index (χ4v) is 2.90. The predicted octanol–water partition coefficient (Wildman–Crippen LogP) is 2.83. The summed E-state index contributed by atoms with van der Waals surface area (Å²) in [6.07, 6.45) is 8.20. The molecule has 1 atom stereocenters. The maximum Gasteiger partial charge on any atom is 0.317 e. The average Bonchev–Trinajstić information content (AvgIpc) is 2.85. The molecule has 1 aliphatic carbocycles. The first-order valence-corrected chi connectivity index (χ1v) is 7.58. The minimum Gasteiger partial charge on any atom is -0.345 e. The van der Waals surface area contributed by atoms with Crippen molar-refractivity contribution in [3.8, 4) is 0 Å². The molecule has 2 amide bonds. The Balaban J connectivity index is 1.80. The van der Waals surface area contributed by atoms with Crippen LogP contribution in [0.25, 0.3) is 0 Å². The highest BCUT2D eigenvalue weighted by atomic mass is 16.2. The van der Waals surface area contributed by atoms with Crippen molar-refractivity contribution in [2.24, 2.45) is 5.92 Å². The van der Waals surface area contributed by atoms with Crippen LogP contribution in [0.1, 0.15) is 50.5 Å². The number of hydrogen-bond donors (Lipinski definition) is 2. The Hall–Kier alpha value is -1.52. The number of aryl methyl sites for hydroxylation is 1. The summed E-state index contributed by atoms with van der Waals surface area (Å²) < 4.78 is 0. The zero-order valence-electron chi connectivity index (χ0n) is 12.8. The maximum absolute atomic E-state index is 12.2. The third-order valence-corrected chi connectivity index (χ3v) is 4.20. The molecule has 2 rings (SSSR count). The molecule has 0 aromatic carbocycles. The van der Waals surface area contributed by atoms with Crippen molar-refractivity contribution in [2.45, 2.75) is 58.5 Å². The summed E-state index contributed by atoms with van der Waals surface area (Å²) in [6.45, 7) is 4.59. The summed E-state index contributed by atoms with van der Waals surface area (Å²) in [5.41, 5.74) is 1.02. The Labute approximate surface area is 121 Å². The van der Waals surface area contributed by atoms with E-state index in [4.69, 9.17) is 0 Å². The lowest BCUT2D eigenvalue weighted by Crippen LogP contribution is -2.45. The highest BCUT2D eigenvalue weighted by Gasteiger charge is 2.22. The molecule has 1 saturated carbocycles. The molecule has 1 aromatic heterocycles. The van der Waals surface area contributed by atoms with Crippen molar-refractivity contribution < 1.29 is 4.79 Å². The van der Waals surface area contributed by atoms with E-state index in [1.54, 1.807) is 18.1 Å². The van der Waals surface area contributed by atoms with E-state index in [-0.39, 0.29) is 12.1 Å². The maximum atomic E-state index is 12.2. The molecule has 0 saturated heterocycles. The summed E-state index contributed by atoms with van der Waals surface area (Å²) in [7, 11) is 1.81. The van der Waals surface area contributed by atoms with Gasteiger partial charge in [-0.3, -0.25) is 0 Å². The van der Waals surface area contributed by atoms with Crippen LogP contribution in [0.5, 0.6) is 0 Å². The number of carbonyl (C=O) groups is 1. The second-order valence-electron chi connectivity index (χ2n) is 6.01. The molecule has 1 fully saturated rings. The van der Waals surface area contributed by atoms with Crippen LogP contribution < -0.4 is 5.32 Å². The van der Waals surface area contributed by atoms with Crippen LogP contribution in [0.15, 0.2) is 6.20 Å². The lowest BCUT2D eigenvalue weighted by molar-refractivity contribution is 0.192. The third-order valence-electron chi connectivity index (χ3n) is 4.20. The highest BCUT2D eigenvalue weighted by molar-refractivity contribution is 5.74. The fourth-order valence-electron chi connectivity index (χ4n) is 2.90. The molecule has 1 heterocycles.